The van der Waals surface area contributed by atoms with Crippen molar-refractivity contribution in [3.8, 4) is 0 Å². The van der Waals surface area contributed by atoms with Gasteiger partial charge in [-0.15, -0.1) is 0 Å². The van der Waals surface area contributed by atoms with Crippen LogP contribution in [0.3, 0.4) is 0 Å². The van der Waals surface area contributed by atoms with E-state index in [-0.39, 0.29) is 11.9 Å². The van der Waals surface area contributed by atoms with Crippen LogP contribution in [0.4, 0.5) is 0 Å². The number of hydrogen-bond acceptors (Lipinski definition) is 4. The number of piperidine rings is 1. The fraction of sp³-hybridized carbons (Fsp3) is 0.812. The molecule has 0 aliphatic carbocycles. The van der Waals surface area contributed by atoms with Crippen molar-refractivity contribution in [3.63, 3.8) is 0 Å². The van der Waals surface area contributed by atoms with E-state index in [4.69, 9.17) is 0 Å². The average Bonchev–Trinajstić information content (AvgIpc) is 2.98. The van der Waals surface area contributed by atoms with Gasteiger partial charge in [-0.25, -0.2) is 9.67 Å². The molecule has 22 heavy (non-hydrogen) atoms. The number of aromatic nitrogens is 3. The highest BCUT2D eigenvalue weighted by Crippen LogP contribution is 2.24. The number of rotatable bonds is 5. The zero-order valence-electron chi connectivity index (χ0n) is 13.5. The molecule has 3 heterocycles. The van der Waals surface area contributed by atoms with Crippen molar-refractivity contribution in [2.24, 2.45) is 5.92 Å². The molecule has 0 radical (unpaired) electrons. The molecule has 0 aromatic carbocycles. The summed E-state index contributed by atoms with van der Waals surface area (Å²) in [4.78, 5) is 16.8. The summed E-state index contributed by atoms with van der Waals surface area (Å²) in [5.41, 5.74) is 0. The van der Waals surface area contributed by atoms with Gasteiger partial charge in [-0.1, -0.05) is 6.92 Å². The van der Waals surface area contributed by atoms with Crippen molar-refractivity contribution in [2.75, 3.05) is 13.1 Å². The standard InChI is InChI=1S/C16H27N5O/c1-2-14-19-16-13(4-3-11-21(16)20-14)18-15(22)6-5-12-7-9-17-10-8-12/h12-13,17H,2-11H2,1H3,(H,18,22). The molecule has 1 saturated heterocycles. The second-order valence-electron chi connectivity index (χ2n) is 6.46. The van der Waals surface area contributed by atoms with Gasteiger partial charge in [0.1, 0.15) is 5.82 Å². The highest BCUT2D eigenvalue weighted by Gasteiger charge is 2.25. The largest absolute Gasteiger partial charge is 0.346 e. The van der Waals surface area contributed by atoms with Gasteiger partial charge in [-0.05, 0) is 51.1 Å². The molecule has 0 saturated carbocycles. The van der Waals surface area contributed by atoms with Crippen LogP contribution in [0, 0.1) is 5.92 Å². The Hall–Kier alpha value is -1.43. The molecule has 2 N–H and O–H groups in total. The minimum Gasteiger partial charge on any atom is -0.346 e. The van der Waals surface area contributed by atoms with Gasteiger partial charge in [0.05, 0.1) is 6.04 Å². The summed E-state index contributed by atoms with van der Waals surface area (Å²) < 4.78 is 1.97. The van der Waals surface area contributed by atoms with E-state index >= 15 is 0 Å². The van der Waals surface area contributed by atoms with E-state index in [1.54, 1.807) is 0 Å². The second-order valence-corrected chi connectivity index (χ2v) is 6.46. The van der Waals surface area contributed by atoms with E-state index in [0.29, 0.717) is 12.3 Å². The Balaban J connectivity index is 1.52. The lowest BCUT2D eigenvalue weighted by molar-refractivity contribution is -0.122. The highest BCUT2D eigenvalue weighted by atomic mass is 16.1. The zero-order chi connectivity index (χ0) is 15.4. The average molecular weight is 305 g/mol. The van der Waals surface area contributed by atoms with Gasteiger partial charge in [0, 0.05) is 19.4 Å². The monoisotopic (exact) mass is 305 g/mol. The van der Waals surface area contributed by atoms with Gasteiger partial charge >= 0.3 is 0 Å². The van der Waals surface area contributed by atoms with Crippen molar-refractivity contribution in [1.82, 2.24) is 25.4 Å². The van der Waals surface area contributed by atoms with Crippen LogP contribution in [0.1, 0.15) is 63.1 Å². The van der Waals surface area contributed by atoms with Gasteiger partial charge in [0.25, 0.3) is 0 Å². The van der Waals surface area contributed by atoms with Crippen molar-refractivity contribution in [1.29, 1.82) is 0 Å². The molecule has 2 aliphatic heterocycles. The molecule has 1 fully saturated rings. The number of nitrogens with one attached hydrogen (secondary N) is 2. The smallest absolute Gasteiger partial charge is 0.220 e. The third-order valence-electron chi connectivity index (χ3n) is 4.81. The van der Waals surface area contributed by atoms with Gasteiger partial charge in [0.15, 0.2) is 5.82 Å². The molecule has 1 aromatic rings. The van der Waals surface area contributed by atoms with Gasteiger partial charge < -0.3 is 10.6 Å². The molecule has 0 spiro atoms. The minimum absolute atomic E-state index is 0.0436. The molecular weight excluding hydrogens is 278 g/mol. The number of amides is 1. The van der Waals surface area contributed by atoms with Crippen LogP contribution >= 0.6 is 0 Å². The third-order valence-corrected chi connectivity index (χ3v) is 4.81. The fourth-order valence-corrected chi connectivity index (χ4v) is 3.46. The third kappa shape index (κ3) is 3.66. The van der Waals surface area contributed by atoms with Crippen molar-refractivity contribution in [2.45, 2.75) is 64.5 Å². The summed E-state index contributed by atoms with van der Waals surface area (Å²) in [5, 5.41) is 11.0. The van der Waals surface area contributed by atoms with Crippen LogP contribution in [0.5, 0.6) is 0 Å². The topological polar surface area (TPSA) is 71.8 Å². The molecule has 1 atom stereocenters. The van der Waals surface area contributed by atoms with E-state index in [1.807, 2.05) is 4.68 Å². The predicted octanol–water partition coefficient (Wildman–Crippen LogP) is 1.57. The number of hydrogen-bond donors (Lipinski definition) is 2. The van der Waals surface area contributed by atoms with Crippen molar-refractivity contribution < 1.29 is 4.79 Å². The van der Waals surface area contributed by atoms with Crippen LogP contribution < -0.4 is 10.6 Å². The van der Waals surface area contributed by atoms with Crippen LogP contribution in [-0.4, -0.2) is 33.8 Å². The van der Waals surface area contributed by atoms with E-state index < -0.39 is 0 Å². The number of carbonyl (C=O) groups excluding carboxylic acids is 1. The number of fused-ring (bicyclic) bond motifs is 1. The normalized spacial score (nSPS) is 22.3. The first-order valence-electron chi connectivity index (χ1n) is 8.70. The van der Waals surface area contributed by atoms with Gasteiger partial charge in [0.2, 0.25) is 5.91 Å². The summed E-state index contributed by atoms with van der Waals surface area (Å²) in [5.74, 6) is 2.69. The van der Waals surface area contributed by atoms with Crippen LogP contribution in [0.15, 0.2) is 0 Å². The van der Waals surface area contributed by atoms with E-state index in [2.05, 4.69) is 27.6 Å². The van der Waals surface area contributed by atoms with E-state index in [0.717, 1.165) is 57.0 Å². The van der Waals surface area contributed by atoms with E-state index in [9.17, 15) is 4.79 Å². The van der Waals surface area contributed by atoms with Crippen LogP contribution in [0.25, 0.3) is 0 Å². The Morgan fingerprint density at radius 3 is 2.95 bits per heavy atom. The number of aryl methyl sites for hydroxylation is 2. The highest BCUT2D eigenvalue weighted by molar-refractivity contribution is 5.76. The molecule has 1 amide bonds. The fourth-order valence-electron chi connectivity index (χ4n) is 3.46. The lowest BCUT2D eigenvalue weighted by atomic mass is 9.93. The maximum Gasteiger partial charge on any atom is 0.220 e. The zero-order valence-corrected chi connectivity index (χ0v) is 13.5. The Kier molecular flexibility index (Phi) is 5.08. The van der Waals surface area contributed by atoms with Crippen molar-refractivity contribution in [3.05, 3.63) is 11.6 Å². The Morgan fingerprint density at radius 2 is 2.18 bits per heavy atom. The Morgan fingerprint density at radius 1 is 1.36 bits per heavy atom. The maximum absolute atomic E-state index is 12.3. The lowest BCUT2D eigenvalue weighted by Crippen LogP contribution is -2.34. The molecule has 1 unspecified atom stereocenters. The van der Waals surface area contributed by atoms with Crippen molar-refractivity contribution >= 4 is 5.91 Å². The van der Waals surface area contributed by atoms with Crippen LogP contribution in [-0.2, 0) is 17.8 Å². The minimum atomic E-state index is 0.0436. The first kappa shape index (κ1) is 15.5. The first-order chi connectivity index (χ1) is 10.8. The maximum atomic E-state index is 12.3. The predicted molar refractivity (Wildman–Crippen MR) is 84.3 cm³/mol. The summed E-state index contributed by atoms with van der Waals surface area (Å²) in [6, 6.07) is 0.0436. The number of carbonyl (C=O) groups is 1. The quantitative estimate of drug-likeness (QED) is 0.866. The molecule has 122 valence electrons. The van der Waals surface area contributed by atoms with Crippen LogP contribution in [0.2, 0.25) is 0 Å². The summed E-state index contributed by atoms with van der Waals surface area (Å²) >= 11 is 0. The SMILES string of the molecule is CCc1nc2n(n1)CCCC2NC(=O)CCC1CCNCC1. The Bertz CT molecular complexity index is 507. The second kappa shape index (κ2) is 7.22. The molecule has 1 aromatic heterocycles. The molecule has 6 heteroatoms. The molecular formula is C16H27N5O. The summed E-state index contributed by atoms with van der Waals surface area (Å²) in [6.45, 7) is 5.17. The Labute approximate surface area is 132 Å². The van der Waals surface area contributed by atoms with Gasteiger partial charge in [-0.3, -0.25) is 4.79 Å². The van der Waals surface area contributed by atoms with Gasteiger partial charge in [-0.2, -0.15) is 5.10 Å². The lowest BCUT2D eigenvalue weighted by Gasteiger charge is -2.24. The molecule has 2 aliphatic rings. The number of nitrogens with zero attached hydrogens (tertiary/aromatic N) is 3. The molecule has 0 bridgehead atoms. The molecule has 3 rings (SSSR count). The summed E-state index contributed by atoms with van der Waals surface area (Å²) in [6.07, 6.45) is 6.91. The van der Waals surface area contributed by atoms with E-state index in [1.165, 1.54) is 12.8 Å². The molecule has 6 nitrogen and oxygen atoms in total. The first-order valence-corrected chi connectivity index (χ1v) is 8.70. The summed E-state index contributed by atoms with van der Waals surface area (Å²) in [7, 11) is 0.